The Morgan fingerprint density at radius 1 is 1.05 bits per heavy atom. The van der Waals surface area contributed by atoms with Crippen LogP contribution in [0.15, 0.2) is 18.2 Å². The second-order valence-corrected chi connectivity index (χ2v) is 7.24. The minimum atomic E-state index is -0.699. The number of rotatable bonds is 1. The van der Waals surface area contributed by atoms with E-state index in [1.165, 1.54) is 5.22 Å². The van der Waals surface area contributed by atoms with Crippen LogP contribution in [0, 0.1) is 27.2 Å². The SMILES string of the molecule is CC(C)(C)C(C(=O)O)C(C)(C)C.Oc1cc2ccc1=2. The van der Waals surface area contributed by atoms with Crippen LogP contribution < -0.4 is 0 Å². The number of benzene rings is 1. The molecule has 0 saturated carbocycles. The van der Waals surface area contributed by atoms with Gasteiger partial charge in [-0.25, -0.2) is 0 Å². The first-order valence-corrected chi connectivity index (χ1v) is 6.51. The van der Waals surface area contributed by atoms with Crippen molar-refractivity contribution in [3.8, 4) is 5.75 Å². The molecule has 0 aromatic rings. The van der Waals surface area contributed by atoms with Gasteiger partial charge in [0.25, 0.3) is 0 Å². The highest BCUT2D eigenvalue weighted by Gasteiger charge is 2.40. The highest BCUT2D eigenvalue weighted by molar-refractivity contribution is 5.71. The van der Waals surface area contributed by atoms with Crippen molar-refractivity contribution in [3.05, 3.63) is 28.6 Å². The predicted molar refractivity (Wildman–Crippen MR) is 75.8 cm³/mol. The molecule has 2 N–H and O–H groups in total. The van der Waals surface area contributed by atoms with E-state index in [1.807, 2.05) is 53.7 Å². The van der Waals surface area contributed by atoms with E-state index in [9.17, 15) is 4.79 Å². The number of phenolic OH excluding ortho intramolecular Hbond substituents is 1. The average molecular weight is 264 g/mol. The minimum absolute atomic E-state index is 0.177. The molecule has 2 aliphatic rings. The summed E-state index contributed by atoms with van der Waals surface area (Å²) < 4.78 is 0. The van der Waals surface area contributed by atoms with E-state index in [4.69, 9.17) is 10.2 Å². The Morgan fingerprint density at radius 3 is 1.53 bits per heavy atom. The van der Waals surface area contributed by atoms with Crippen LogP contribution in [0.4, 0.5) is 0 Å². The third-order valence-electron chi connectivity index (χ3n) is 3.29. The molecule has 0 fully saturated rings. The molecule has 2 rings (SSSR count). The van der Waals surface area contributed by atoms with Gasteiger partial charge in [0.2, 0.25) is 0 Å². The Bertz CT molecular complexity index is 545. The van der Waals surface area contributed by atoms with Crippen molar-refractivity contribution in [1.29, 1.82) is 0 Å². The lowest BCUT2D eigenvalue weighted by molar-refractivity contribution is -0.150. The van der Waals surface area contributed by atoms with Gasteiger partial charge >= 0.3 is 5.97 Å². The van der Waals surface area contributed by atoms with E-state index in [2.05, 4.69) is 0 Å². The molecule has 2 aliphatic carbocycles. The number of aliphatic carboxylic acids is 1. The molecule has 0 aromatic heterocycles. The summed E-state index contributed by atoms with van der Waals surface area (Å²) in [5, 5.41) is 20.0. The Kier molecular flexibility index (Phi) is 3.99. The van der Waals surface area contributed by atoms with E-state index < -0.39 is 5.97 Å². The quantitative estimate of drug-likeness (QED) is 0.824. The molecule has 0 amide bonds. The molecule has 0 bridgehead atoms. The minimum Gasteiger partial charge on any atom is -0.507 e. The van der Waals surface area contributed by atoms with Crippen LogP contribution in [0.2, 0.25) is 0 Å². The van der Waals surface area contributed by atoms with Gasteiger partial charge in [-0.1, -0.05) is 53.7 Å². The lowest BCUT2D eigenvalue weighted by Gasteiger charge is -2.37. The summed E-state index contributed by atoms with van der Waals surface area (Å²) in [4.78, 5) is 11.0. The third-order valence-corrected chi connectivity index (χ3v) is 3.29. The van der Waals surface area contributed by atoms with Gasteiger partial charge in [0.1, 0.15) is 5.75 Å². The molecule has 0 aliphatic heterocycles. The van der Waals surface area contributed by atoms with Crippen LogP contribution in [-0.4, -0.2) is 16.2 Å². The first kappa shape index (κ1) is 15.5. The maximum absolute atomic E-state index is 11.0. The first-order chi connectivity index (χ1) is 8.44. The van der Waals surface area contributed by atoms with Gasteiger partial charge in [-0.05, 0) is 22.1 Å². The summed E-state index contributed by atoms with van der Waals surface area (Å²) in [6.07, 6.45) is 0. The van der Waals surface area contributed by atoms with Crippen LogP contribution in [0.5, 0.6) is 5.75 Å². The molecule has 0 atom stereocenters. The number of carboxylic acid groups (broad SMARTS) is 1. The highest BCUT2D eigenvalue weighted by atomic mass is 16.4. The van der Waals surface area contributed by atoms with E-state index in [-0.39, 0.29) is 16.7 Å². The molecule has 3 heteroatoms. The van der Waals surface area contributed by atoms with Crippen LogP contribution in [0.25, 0.3) is 0 Å². The van der Waals surface area contributed by atoms with Crippen LogP contribution in [-0.2, 0) is 4.79 Å². The zero-order valence-electron chi connectivity index (χ0n) is 12.6. The third kappa shape index (κ3) is 3.49. The number of phenols is 1. The van der Waals surface area contributed by atoms with Crippen molar-refractivity contribution in [2.75, 3.05) is 0 Å². The number of hydrogen-bond acceptors (Lipinski definition) is 2. The van der Waals surface area contributed by atoms with Crippen LogP contribution >= 0.6 is 0 Å². The van der Waals surface area contributed by atoms with Gasteiger partial charge < -0.3 is 10.2 Å². The summed E-state index contributed by atoms with van der Waals surface area (Å²) in [5.74, 6) is -0.558. The summed E-state index contributed by atoms with van der Waals surface area (Å²) >= 11 is 0. The van der Waals surface area contributed by atoms with Crippen molar-refractivity contribution < 1.29 is 15.0 Å². The lowest BCUT2D eigenvalue weighted by Crippen LogP contribution is -2.38. The van der Waals surface area contributed by atoms with Crippen molar-refractivity contribution in [2.24, 2.45) is 16.7 Å². The fourth-order valence-corrected chi connectivity index (χ4v) is 2.81. The summed E-state index contributed by atoms with van der Waals surface area (Å²) in [7, 11) is 0. The Balaban J connectivity index is 0.000000213. The second kappa shape index (κ2) is 4.87. The molecule has 3 nitrogen and oxygen atoms in total. The molecule has 0 aromatic carbocycles. The predicted octanol–water partition coefficient (Wildman–Crippen LogP) is 3.77. The smallest absolute Gasteiger partial charge is 0.307 e. The fourth-order valence-electron chi connectivity index (χ4n) is 2.81. The van der Waals surface area contributed by atoms with Crippen molar-refractivity contribution >= 4 is 5.97 Å². The number of carbonyl (C=O) groups is 1. The molecule has 0 unspecified atom stereocenters. The van der Waals surface area contributed by atoms with E-state index in [0.29, 0.717) is 5.75 Å². The van der Waals surface area contributed by atoms with Gasteiger partial charge in [-0.15, -0.1) is 0 Å². The standard InChI is InChI=1S/C10H20O2.C6H4O/c1-9(2,3)7(8(11)12)10(4,5)6;7-6-3-4-1-2-5(4)6/h7H,1-6H3,(H,11,12);1-3,7H. The monoisotopic (exact) mass is 264 g/mol. The lowest BCUT2D eigenvalue weighted by atomic mass is 9.67. The van der Waals surface area contributed by atoms with E-state index >= 15 is 0 Å². The zero-order chi connectivity index (χ0) is 15.0. The fraction of sp³-hybridized carbons (Fsp3) is 0.562. The first-order valence-electron chi connectivity index (χ1n) is 6.51. The van der Waals surface area contributed by atoms with Crippen molar-refractivity contribution in [1.82, 2.24) is 0 Å². The van der Waals surface area contributed by atoms with Gasteiger partial charge in [0, 0.05) is 5.22 Å². The molecule has 0 heterocycles. The normalized spacial score (nSPS) is 12.8. The highest BCUT2D eigenvalue weighted by Crippen LogP contribution is 2.39. The molecular weight excluding hydrogens is 240 g/mol. The van der Waals surface area contributed by atoms with Crippen LogP contribution in [0.1, 0.15) is 41.5 Å². The molecule has 0 radical (unpaired) electrons. The molecular formula is C16H24O3. The molecule has 19 heavy (non-hydrogen) atoms. The maximum atomic E-state index is 11.0. The average Bonchev–Trinajstić information content (AvgIpc) is 2.08. The number of hydrogen-bond donors (Lipinski definition) is 2. The van der Waals surface area contributed by atoms with Gasteiger partial charge in [-0.2, -0.15) is 0 Å². The Labute approximate surface area is 114 Å². The van der Waals surface area contributed by atoms with Gasteiger partial charge in [0.05, 0.1) is 5.92 Å². The van der Waals surface area contributed by atoms with Gasteiger partial charge in [0.15, 0.2) is 0 Å². The maximum Gasteiger partial charge on any atom is 0.307 e. The molecule has 0 spiro atoms. The largest absolute Gasteiger partial charge is 0.507 e. The molecule has 0 saturated heterocycles. The van der Waals surface area contributed by atoms with Crippen LogP contribution in [0.3, 0.4) is 0 Å². The summed E-state index contributed by atoms with van der Waals surface area (Å²) in [6.45, 7) is 11.8. The Hall–Kier alpha value is -1.51. The number of carboxylic acids is 1. The topological polar surface area (TPSA) is 57.5 Å². The van der Waals surface area contributed by atoms with Crippen molar-refractivity contribution in [2.45, 2.75) is 41.5 Å². The second-order valence-electron chi connectivity index (χ2n) is 7.24. The van der Waals surface area contributed by atoms with Crippen molar-refractivity contribution in [3.63, 3.8) is 0 Å². The van der Waals surface area contributed by atoms with E-state index in [0.717, 1.165) is 5.22 Å². The molecule has 106 valence electrons. The van der Waals surface area contributed by atoms with Gasteiger partial charge in [-0.3, -0.25) is 4.79 Å². The summed E-state index contributed by atoms with van der Waals surface area (Å²) in [5.41, 5.74) is -0.353. The summed E-state index contributed by atoms with van der Waals surface area (Å²) in [6, 6.07) is 5.65. The Morgan fingerprint density at radius 2 is 1.53 bits per heavy atom. The van der Waals surface area contributed by atoms with E-state index in [1.54, 1.807) is 6.07 Å². The number of aromatic hydroxyl groups is 1. The zero-order valence-corrected chi connectivity index (χ0v) is 12.6.